The molecule has 0 saturated heterocycles. The summed E-state index contributed by atoms with van der Waals surface area (Å²) in [4.78, 5) is 12.9. The van der Waals surface area contributed by atoms with Crippen molar-refractivity contribution in [2.75, 3.05) is 38.2 Å². The standard InChI is InChI=1S/C26H30N2O6S/c1-19-10-11-20(2)24(16-19)34-15-14-27-26(29)18-28(35(30,31)22-8-6-5-7-9-22)21-12-13-23(32-3)25(17-21)33-4/h5-13,16-17H,14-15,18H2,1-4H3,(H,27,29). The van der Waals surface area contributed by atoms with Gasteiger partial charge in [0.1, 0.15) is 18.9 Å². The van der Waals surface area contributed by atoms with E-state index < -0.39 is 22.5 Å². The van der Waals surface area contributed by atoms with Gasteiger partial charge in [-0.1, -0.05) is 30.3 Å². The van der Waals surface area contributed by atoms with Crippen molar-refractivity contribution >= 4 is 21.6 Å². The highest BCUT2D eigenvalue weighted by Crippen LogP contribution is 2.33. The van der Waals surface area contributed by atoms with Gasteiger partial charge in [0.25, 0.3) is 10.0 Å². The first kappa shape index (κ1) is 25.9. The number of carbonyl (C=O) groups is 1. The maximum absolute atomic E-state index is 13.5. The molecular formula is C26H30N2O6S. The Labute approximate surface area is 206 Å². The average molecular weight is 499 g/mol. The number of ether oxygens (including phenoxy) is 3. The molecule has 0 aliphatic heterocycles. The van der Waals surface area contributed by atoms with Crippen LogP contribution in [0.15, 0.2) is 71.6 Å². The Morgan fingerprint density at radius 3 is 2.29 bits per heavy atom. The molecule has 0 fully saturated rings. The number of methoxy groups -OCH3 is 2. The van der Waals surface area contributed by atoms with Crippen LogP contribution in [-0.4, -0.2) is 48.2 Å². The van der Waals surface area contributed by atoms with Crippen LogP contribution in [0.25, 0.3) is 0 Å². The third-order valence-electron chi connectivity index (χ3n) is 5.30. The molecule has 0 unspecified atom stereocenters. The summed E-state index contributed by atoms with van der Waals surface area (Å²) in [5.41, 5.74) is 2.34. The zero-order valence-corrected chi connectivity index (χ0v) is 21.1. The summed E-state index contributed by atoms with van der Waals surface area (Å²) < 4.78 is 44.3. The minimum atomic E-state index is -4.03. The normalized spacial score (nSPS) is 11.0. The average Bonchev–Trinajstić information content (AvgIpc) is 2.87. The molecule has 9 heteroatoms. The lowest BCUT2D eigenvalue weighted by molar-refractivity contribution is -0.119. The SMILES string of the molecule is COc1ccc(N(CC(=O)NCCOc2cc(C)ccc2C)S(=O)(=O)c2ccccc2)cc1OC. The van der Waals surface area contributed by atoms with Gasteiger partial charge in [0.15, 0.2) is 11.5 Å². The van der Waals surface area contributed by atoms with Gasteiger partial charge < -0.3 is 19.5 Å². The van der Waals surface area contributed by atoms with Crippen LogP contribution in [0, 0.1) is 13.8 Å². The first-order valence-corrected chi connectivity index (χ1v) is 12.5. The smallest absolute Gasteiger partial charge is 0.264 e. The molecule has 0 aromatic heterocycles. The van der Waals surface area contributed by atoms with Gasteiger partial charge in [-0.05, 0) is 55.3 Å². The Hall–Kier alpha value is -3.72. The van der Waals surface area contributed by atoms with E-state index in [1.165, 1.54) is 32.4 Å². The lowest BCUT2D eigenvalue weighted by Crippen LogP contribution is -2.42. The molecule has 0 saturated carbocycles. The van der Waals surface area contributed by atoms with E-state index in [2.05, 4.69) is 5.32 Å². The number of aryl methyl sites for hydroxylation is 2. The molecule has 0 radical (unpaired) electrons. The van der Waals surface area contributed by atoms with Crippen LogP contribution in [0.3, 0.4) is 0 Å². The van der Waals surface area contributed by atoms with Crippen LogP contribution in [0.1, 0.15) is 11.1 Å². The quantitative estimate of drug-likeness (QED) is 0.405. The number of rotatable bonds is 11. The van der Waals surface area contributed by atoms with Gasteiger partial charge in [0, 0.05) is 6.07 Å². The van der Waals surface area contributed by atoms with Gasteiger partial charge in [0.05, 0.1) is 31.3 Å². The van der Waals surface area contributed by atoms with Crippen LogP contribution in [0.4, 0.5) is 5.69 Å². The summed E-state index contributed by atoms with van der Waals surface area (Å²) in [6.07, 6.45) is 0. The second-order valence-electron chi connectivity index (χ2n) is 7.83. The fourth-order valence-corrected chi connectivity index (χ4v) is 4.85. The Balaban J connectivity index is 1.77. The fraction of sp³-hybridized carbons (Fsp3) is 0.269. The molecule has 3 rings (SSSR count). The molecule has 186 valence electrons. The zero-order chi connectivity index (χ0) is 25.4. The van der Waals surface area contributed by atoms with Crippen molar-refractivity contribution in [2.24, 2.45) is 0 Å². The minimum absolute atomic E-state index is 0.0702. The Morgan fingerprint density at radius 2 is 1.60 bits per heavy atom. The lowest BCUT2D eigenvalue weighted by Gasteiger charge is -2.25. The molecule has 0 atom stereocenters. The summed E-state index contributed by atoms with van der Waals surface area (Å²) >= 11 is 0. The van der Waals surface area contributed by atoms with Gasteiger partial charge in [-0.3, -0.25) is 9.10 Å². The summed E-state index contributed by atoms with van der Waals surface area (Å²) in [6, 6.07) is 18.5. The predicted octanol–water partition coefficient (Wildman–Crippen LogP) is 3.71. The number of carbonyl (C=O) groups excluding carboxylic acids is 1. The van der Waals surface area contributed by atoms with Crippen LogP contribution in [0.5, 0.6) is 17.2 Å². The largest absolute Gasteiger partial charge is 0.493 e. The molecule has 0 bridgehead atoms. The number of nitrogens with zero attached hydrogens (tertiary/aromatic N) is 1. The minimum Gasteiger partial charge on any atom is -0.493 e. The monoisotopic (exact) mass is 498 g/mol. The van der Waals surface area contributed by atoms with Crippen molar-refractivity contribution < 1.29 is 27.4 Å². The van der Waals surface area contributed by atoms with E-state index in [9.17, 15) is 13.2 Å². The maximum atomic E-state index is 13.5. The van der Waals surface area contributed by atoms with E-state index in [0.717, 1.165) is 21.2 Å². The Bertz CT molecular complexity index is 1260. The van der Waals surface area contributed by atoms with E-state index in [-0.39, 0.29) is 23.7 Å². The molecule has 0 spiro atoms. The van der Waals surface area contributed by atoms with Gasteiger partial charge in [-0.25, -0.2) is 8.42 Å². The number of sulfonamides is 1. The van der Waals surface area contributed by atoms with Crippen LogP contribution in [-0.2, 0) is 14.8 Å². The van der Waals surface area contributed by atoms with E-state index >= 15 is 0 Å². The number of anilines is 1. The molecular weight excluding hydrogens is 468 g/mol. The van der Waals surface area contributed by atoms with Gasteiger partial charge in [0.2, 0.25) is 5.91 Å². The summed E-state index contributed by atoms with van der Waals surface area (Å²) in [5.74, 6) is 1.07. The molecule has 0 heterocycles. The maximum Gasteiger partial charge on any atom is 0.264 e. The Morgan fingerprint density at radius 1 is 0.886 bits per heavy atom. The third-order valence-corrected chi connectivity index (χ3v) is 7.09. The first-order valence-electron chi connectivity index (χ1n) is 11.0. The second-order valence-corrected chi connectivity index (χ2v) is 9.69. The van der Waals surface area contributed by atoms with Gasteiger partial charge >= 0.3 is 0 Å². The predicted molar refractivity (Wildman–Crippen MR) is 135 cm³/mol. The molecule has 0 aliphatic rings. The summed E-state index contributed by atoms with van der Waals surface area (Å²) in [5, 5.41) is 2.74. The lowest BCUT2D eigenvalue weighted by atomic mass is 10.1. The summed E-state index contributed by atoms with van der Waals surface area (Å²) in [6.45, 7) is 3.97. The number of amides is 1. The van der Waals surface area contributed by atoms with Crippen molar-refractivity contribution in [2.45, 2.75) is 18.7 Å². The summed E-state index contributed by atoms with van der Waals surface area (Å²) in [7, 11) is -1.08. The molecule has 1 amide bonds. The number of benzene rings is 3. The number of nitrogens with one attached hydrogen (secondary N) is 1. The third kappa shape index (κ3) is 6.45. The fourth-order valence-electron chi connectivity index (χ4n) is 3.42. The molecule has 35 heavy (non-hydrogen) atoms. The van der Waals surface area contributed by atoms with E-state index in [1.54, 1.807) is 30.3 Å². The van der Waals surface area contributed by atoms with E-state index in [1.807, 2.05) is 32.0 Å². The van der Waals surface area contributed by atoms with E-state index in [4.69, 9.17) is 14.2 Å². The van der Waals surface area contributed by atoms with Crippen LogP contribution in [0.2, 0.25) is 0 Å². The second kappa shape index (κ2) is 11.6. The van der Waals surface area contributed by atoms with Crippen molar-refractivity contribution in [3.63, 3.8) is 0 Å². The molecule has 1 N–H and O–H groups in total. The molecule has 0 aliphatic carbocycles. The highest BCUT2D eigenvalue weighted by Gasteiger charge is 2.28. The topological polar surface area (TPSA) is 94.2 Å². The highest BCUT2D eigenvalue weighted by molar-refractivity contribution is 7.92. The van der Waals surface area contributed by atoms with Crippen molar-refractivity contribution in [1.82, 2.24) is 5.32 Å². The zero-order valence-electron chi connectivity index (χ0n) is 20.3. The van der Waals surface area contributed by atoms with Gasteiger partial charge in [-0.15, -0.1) is 0 Å². The van der Waals surface area contributed by atoms with Crippen LogP contribution >= 0.6 is 0 Å². The van der Waals surface area contributed by atoms with Crippen molar-refractivity contribution in [1.29, 1.82) is 0 Å². The van der Waals surface area contributed by atoms with E-state index in [0.29, 0.717) is 11.5 Å². The van der Waals surface area contributed by atoms with Gasteiger partial charge in [-0.2, -0.15) is 0 Å². The number of hydrogen-bond donors (Lipinski definition) is 1. The first-order chi connectivity index (χ1) is 16.8. The molecule has 3 aromatic rings. The van der Waals surface area contributed by atoms with Crippen molar-refractivity contribution in [3.05, 3.63) is 77.9 Å². The number of hydrogen-bond acceptors (Lipinski definition) is 6. The van der Waals surface area contributed by atoms with Crippen LogP contribution < -0.4 is 23.8 Å². The molecule has 8 nitrogen and oxygen atoms in total. The Kier molecular flexibility index (Phi) is 8.59. The highest BCUT2D eigenvalue weighted by atomic mass is 32.2. The molecule has 3 aromatic carbocycles. The van der Waals surface area contributed by atoms with Crippen molar-refractivity contribution in [3.8, 4) is 17.2 Å².